The van der Waals surface area contributed by atoms with E-state index in [2.05, 4.69) is 26.1 Å². The molecule has 2 aliphatic rings. The summed E-state index contributed by atoms with van der Waals surface area (Å²) in [7, 11) is 0. The Balaban J connectivity index is 2.25. The van der Waals surface area contributed by atoms with Crippen LogP contribution in [0.4, 0.5) is 0 Å². The third-order valence-corrected chi connectivity index (χ3v) is 4.07. The molecule has 0 radical (unpaired) electrons. The number of carbonyl (C=O) groups is 1. The summed E-state index contributed by atoms with van der Waals surface area (Å²) in [6.07, 6.45) is 1.96. The second kappa shape index (κ2) is 3.78. The lowest BCUT2D eigenvalue weighted by atomic mass is 9.70. The van der Waals surface area contributed by atoms with Crippen LogP contribution in [0.15, 0.2) is 0 Å². The first-order valence-electron chi connectivity index (χ1n) is 5.96. The minimum absolute atomic E-state index is 0.0307. The molecule has 0 saturated carbocycles. The predicted molar refractivity (Wildman–Crippen MR) is 58.4 cm³/mol. The molecule has 1 spiro atoms. The number of amides is 1. The van der Waals surface area contributed by atoms with E-state index in [4.69, 9.17) is 4.74 Å². The average molecular weight is 211 g/mol. The first kappa shape index (κ1) is 10.9. The fourth-order valence-electron chi connectivity index (χ4n) is 3.49. The Bertz CT molecular complexity index is 256. The van der Waals surface area contributed by atoms with E-state index in [9.17, 15) is 4.79 Å². The highest BCUT2D eigenvalue weighted by Gasteiger charge is 2.52. The molecule has 0 aromatic heterocycles. The van der Waals surface area contributed by atoms with E-state index in [-0.39, 0.29) is 17.4 Å². The molecule has 1 amide bonds. The zero-order chi connectivity index (χ0) is 11.1. The average Bonchev–Trinajstić information content (AvgIpc) is 2.40. The van der Waals surface area contributed by atoms with Crippen molar-refractivity contribution < 1.29 is 9.53 Å². The molecule has 2 heterocycles. The van der Waals surface area contributed by atoms with Gasteiger partial charge in [0.25, 0.3) is 0 Å². The molecule has 2 aliphatic heterocycles. The second-order valence-corrected chi connectivity index (χ2v) is 5.32. The minimum atomic E-state index is 0.0307. The Morgan fingerprint density at radius 2 is 2.00 bits per heavy atom. The van der Waals surface area contributed by atoms with Gasteiger partial charge in [0.15, 0.2) is 0 Å². The standard InChI is InChI=1S/C12H21NO2/c1-8(2)10-9(3)11(14)13-12(10)4-6-15-7-5-12/h8-10H,4-7H2,1-3H3,(H,13,14). The molecule has 2 fully saturated rings. The van der Waals surface area contributed by atoms with Crippen LogP contribution in [-0.2, 0) is 9.53 Å². The van der Waals surface area contributed by atoms with Gasteiger partial charge in [-0.15, -0.1) is 0 Å². The predicted octanol–water partition coefficient (Wildman–Crippen LogP) is 1.57. The molecular weight excluding hydrogens is 190 g/mol. The third kappa shape index (κ3) is 1.67. The fourth-order valence-corrected chi connectivity index (χ4v) is 3.49. The summed E-state index contributed by atoms with van der Waals surface area (Å²) in [6.45, 7) is 8.08. The largest absolute Gasteiger partial charge is 0.381 e. The van der Waals surface area contributed by atoms with Crippen LogP contribution in [0.5, 0.6) is 0 Å². The van der Waals surface area contributed by atoms with E-state index in [0.29, 0.717) is 11.8 Å². The summed E-state index contributed by atoms with van der Waals surface area (Å²) < 4.78 is 5.40. The van der Waals surface area contributed by atoms with Gasteiger partial charge in [0.05, 0.1) is 0 Å². The van der Waals surface area contributed by atoms with Crippen LogP contribution in [0.3, 0.4) is 0 Å². The van der Waals surface area contributed by atoms with Crippen molar-refractivity contribution in [3.63, 3.8) is 0 Å². The normalized spacial score (nSPS) is 34.8. The summed E-state index contributed by atoms with van der Waals surface area (Å²) in [5, 5.41) is 3.23. The number of nitrogens with one attached hydrogen (secondary N) is 1. The van der Waals surface area contributed by atoms with Crippen molar-refractivity contribution in [1.82, 2.24) is 5.32 Å². The molecule has 2 saturated heterocycles. The monoisotopic (exact) mass is 211 g/mol. The van der Waals surface area contributed by atoms with Gasteiger partial charge >= 0.3 is 0 Å². The molecule has 15 heavy (non-hydrogen) atoms. The van der Waals surface area contributed by atoms with Gasteiger partial charge in [-0.25, -0.2) is 0 Å². The smallest absolute Gasteiger partial charge is 0.223 e. The lowest BCUT2D eigenvalue weighted by molar-refractivity contribution is -0.123. The van der Waals surface area contributed by atoms with Crippen LogP contribution in [-0.4, -0.2) is 24.7 Å². The Morgan fingerprint density at radius 3 is 2.53 bits per heavy atom. The number of carbonyl (C=O) groups excluding carboxylic acids is 1. The van der Waals surface area contributed by atoms with Crippen molar-refractivity contribution in [2.75, 3.05) is 13.2 Å². The maximum absolute atomic E-state index is 11.8. The number of hydrogen-bond donors (Lipinski definition) is 1. The van der Waals surface area contributed by atoms with Crippen LogP contribution in [0, 0.1) is 17.8 Å². The van der Waals surface area contributed by atoms with Gasteiger partial charge in [-0.05, 0) is 24.7 Å². The van der Waals surface area contributed by atoms with Crippen molar-refractivity contribution in [2.45, 2.75) is 39.2 Å². The number of ether oxygens (including phenoxy) is 1. The highest BCUT2D eigenvalue weighted by atomic mass is 16.5. The topological polar surface area (TPSA) is 38.3 Å². The molecule has 0 aromatic carbocycles. The molecule has 86 valence electrons. The summed E-state index contributed by atoms with van der Waals surface area (Å²) in [4.78, 5) is 11.8. The lowest BCUT2D eigenvalue weighted by Crippen LogP contribution is -2.51. The Labute approximate surface area is 91.6 Å². The van der Waals surface area contributed by atoms with Crippen molar-refractivity contribution >= 4 is 5.91 Å². The fraction of sp³-hybridized carbons (Fsp3) is 0.917. The van der Waals surface area contributed by atoms with Crippen LogP contribution in [0.25, 0.3) is 0 Å². The van der Waals surface area contributed by atoms with Gasteiger partial charge in [-0.3, -0.25) is 4.79 Å². The van der Waals surface area contributed by atoms with Gasteiger partial charge in [-0.2, -0.15) is 0 Å². The molecule has 2 unspecified atom stereocenters. The van der Waals surface area contributed by atoms with Crippen LogP contribution < -0.4 is 5.32 Å². The van der Waals surface area contributed by atoms with Gasteiger partial charge in [0.2, 0.25) is 5.91 Å². The van der Waals surface area contributed by atoms with E-state index >= 15 is 0 Å². The van der Waals surface area contributed by atoms with Crippen LogP contribution in [0.1, 0.15) is 33.6 Å². The van der Waals surface area contributed by atoms with E-state index < -0.39 is 0 Å². The van der Waals surface area contributed by atoms with Crippen molar-refractivity contribution in [3.05, 3.63) is 0 Å². The van der Waals surface area contributed by atoms with E-state index in [1.54, 1.807) is 0 Å². The molecule has 3 heteroatoms. The molecule has 0 aliphatic carbocycles. The SMILES string of the molecule is CC(C)C1C(C)C(=O)NC12CCOCC2. The number of hydrogen-bond acceptors (Lipinski definition) is 2. The molecular formula is C12H21NO2. The van der Waals surface area contributed by atoms with E-state index in [1.165, 1.54) is 0 Å². The highest BCUT2D eigenvalue weighted by Crippen LogP contribution is 2.43. The van der Waals surface area contributed by atoms with Gasteiger partial charge < -0.3 is 10.1 Å². The van der Waals surface area contributed by atoms with Gasteiger partial charge in [-0.1, -0.05) is 20.8 Å². The summed E-state index contributed by atoms with van der Waals surface area (Å²) in [5.41, 5.74) is 0.0307. The van der Waals surface area contributed by atoms with Crippen LogP contribution >= 0.6 is 0 Å². The van der Waals surface area contributed by atoms with Crippen LogP contribution in [0.2, 0.25) is 0 Å². The van der Waals surface area contributed by atoms with Crippen molar-refractivity contribution in [3.8, 4) is 0 Å². The summed E-state index contributed by atoms with van der Waals surface area (Å²) in [5.74, 6) is 1.41. The van der Waals surface area contributed by atoms with Gasteiger partial charge in [0, 0.05) is 24.7 Å². The van der Waals surface area contributed by atoms with Crippen molar-refractivity contribution in [1.29, 1.82) is 0 Å². The number of rotatable bonds is 1. The maximum atomic E-state index is 11.8. The second-order valence-electron chi connectivity index (χ2n) is 5.32. The Morgan fingerprint density at radius 1 is 1.40 bits per heavy atom. The van der Waals surface area contributed by atoms with Crippen molar-refractivity contribution in [2.24, 2.45) is 17.8 Å². The molecule has 2 atom stereocenters. The Kier molecular flexibility index (Phi) is 2.75. The van der Waals surface area contributed by atoms with E-state index in [1.807, 2.05) is 0 Å². The lowest BCUT2D eigenvalue weighted by Gasteiger charge is -2.41. The highest BCUT2D eigenvalue weighted by molar-refractivity contribution is 5.82. The summed E-state index contributed by atoms with van der Waals surface area (Å²) >= 11 is 0. The van der Waals surface area contributed by atoms with E-state index in [0.717, 1.165) is 26.1 Å². The molecule has 3 nitrogen and oxygen atoms in total. The zero-order valence-electron chi connectivity index (χ0n) is 9.88. The first-order valence-corrected chi connectivity index (χ1v) is 5.96. The summed E-state index contributed by atoms with van der Waals surface area (Å²) in [6, 6.07) is 0. The first-order chi connectivity index (χ1) is 7.07. The molecule has 2 rings (SSSR count). The minimum Gasteiger partial charge on any atom is -0.381 e. The third-order valence-electron chi connectivity index (χ3n) is 4.07. The maximum Gasteiger partial charge on any atom is 0.223 e. The molecule has 1 N–H and O–H groups in total. The quantitative estimate of drug-likeness (QED) is 0.715. The zero-order valence-corrected chi connectivity index (χ0v) is 9.88. The van der Waals surface area contributed by atoms with Gasteiger partial charge in [0.1, 0.15) is 0 Å². The Hall–Kier alpha value is -0.570. The molecule has 0 bridgehead atoms. The molecule has 0 aromatic rings.